The van der Waals surface area contributed by atoms with Gasteiger partial charge in [-0.25, -0.2) is 0 Å². The molecule has 1 saturated heterocycles. The Morgan fingerprint density at radius 3 is 2.89 bits per heavy atom. The molecule has 4 nitrogen and oxygen atoms in total. The van der Waals surface area contributed by atoms with Gasteiger partial charge in [0.15, 0.2) is 0 Å². The van der Waals surface area contributed by atoms with Gasteiger partial charge >= 0.3 is 0 Å². The van der Waals surface area contributed by atoms with Gasteiger partial charge < -0.3 is 15.0 Å². The minimum atomic E-state index is -0.138. The van der Waals surface area contributed by atoms with E-state index in [1.54, 1.807) is 7.11 Å². The van der Waals surface area contributed by atoms with Crippen molar-refractivity contribution in [2.24, 2.45) is 0 Å². The second kappa shape index (κ2) is 5.40. The second-order valence-electron chi connectivity index (χ2n) is 4.72. The molecule has 98 valence electrons. The summed E-state index contributed by atoms with van der Waals surface area (Å²) in [6.45, 7) is 4.86. The van der Waals surface area contributed by atoms with E-state index in [0.29, 0.717) is 0 Å². The minimum Gasteiger partial charge on any atom is -0.497 e. The molecule has 1 aliphatic rings. The highest BCUT2D eigenvalue weighted by molar-refractivity contribution is 5.97. The van der Waals surface area contributed by atoms with Gasteiger partial charge in [-0.3, -0.25) is 4.79 Å². The van der Waals surface area contributed by atoms with Gasteiger partial charge in [-0.15, -0.1) is 0 Å². The molecule has 0 bridgehead atoms. The number of carbonyl (C=O) groups is 1. The maximum Gasteiger partial charge on any atom is 0.244 e. The average Bonchev–Trinajstić information content (AvgIpc) is 2.50. The predicted molar refractivity (Wildman–Crippen MR) is 72.0 cm³/mol. The summed E-state index contributed by atoms with van der Waals surface area (Å²) in [7, 11) is 1.64. The lowest BCUT2D eigenvalue weighted by Gasteiger charge is -2.28. The predicted octanol–water partition coefficient (Wildman–Crippen LogP) is 1.80. The van der Waals surface area contributed by atoms with Crippen molar-refractivity contribution < 1.29 is 9.53 Å². The lowest BCUT2D eigenvalue weighted by atomic mass is 10.1. The first-order chi connectivity index (χ1) is 8.63. The van der Waals surface area contributed by atoms with Crippen LogP contribution in [0, 0.1) is 0 Å². The van der Waals surface area contributed by atoms with Crippen LogP contribution in [-0.2, 0) is 4.79 Å². The minimum absolute atomic E-state index is 0.119. The summed E-state index contributed by atoms with van der Waals surface area (Å²) in [5, 5.41) is 3.23. The molecule has 1 aromatic rings. The second-order valence-corrected chi connectivity index (χ2v) is 4.72. The van der Waals surface area contributed by atoms with Crippen molar-refractivity contribution in [1.29, 1.82) is 0 Å². The normalized spacial score (nSPS) is 24.8. The van der Waals surface area contributed by atoms with Crippen molar-refractivity contribution in [2.75, 3.05) is 18.6 Å². The first-order valence-corrected chi connectivity index (χ1v) is 6.34. The summed E-state index contributed by atoms with van der Waals surface area (Å²) in [5.74, 6) is 0.894. The van der Waals surface area contributed by atoms with Gasteiger partial charge in [0.2, 0.25) is 5.91 Å². The Balaban J connectivity index is 2.35. The van der Waals surface area contributed by atoms with E-state index in [1.807, 2.05) is 36.1 Å². The largest absolute Gasteiger partial charge is 0.497 e. The van der Waals surface area contributed by atoms with Crippen LogP contribution in [0.5, 0.6) is 5.75 Å². The molecule has 1 fully saturated rings. The first kappa shape index (κ1) is 12.9. The van der Waals surface area contributed by atoms with Crippen molar-refractivity contribution in [3.8, 4) is 5.75 Å². The van der Waals surface area contributed by atoms with Crippen LogP contribution in [0.4, 0.5) is 5.69 Å². The zero-order valence-electron chi connectivity index (χ0n) is 11.1. The molecule has 0 saturated carbocycles. The van der Waals surface area contributed by atoms with E-state index in [2.05, 4.69) is 12.2 Å². The molecule has 0 aromatic heterocycles. The highest BCUT2D eigenvalue weighted by Gasteiger charge is 2.29. The molecular weight excluding hydrogens is 228 g/mol. The van der Waals surface area contributed by atoms with E-state index in [0.717, 1.165) is 24.4 Å². The molecule has 1 aromatic carbocycles. The average molecular weight is 248 g/mol. The molecule has 1 N–H and O–H groups in total. The maximum absolute atomic E-state index is 12.4. The van der Waals surface area contributed by atoms with Crippen molar-refractivity contribution in [2.45, 2.75) is 32.4 Å². The zero-order valence-corrected chi connectivity index (χ0v) is 11.1. The fraction of sp³-hybridized carbons (Fsp3) is 0.500. The number of benzene rings is 1. The van der Waals surface area contributed by atoms with Crippen molar-refractivity contribution in [1.82, 2.24) is 5.32 Å². The van der Waals surface area contributed by atoms with Gasteiger partial charge in [0.05, 0.1) is 13.2 Å². The summed E-state index contributed by atoms with van der Waals surface area (Å²) >= 11 is 0. The highest BCUT2D eigenvalue weighted by atomic mass is 16.5. The standard InChI is InChI=1S/C14H20N2O2/c1-10-7-8-15-11(2)14(17)16(10)12-5-4-6-13(9-12)18-3/h4-6,9-11,15H,7-8H2,1-3H3. The summed E-state index contributed by atoms with van der Waals surface area (Å²) in [6, 6.07) is 7.72. The van der Waals surface area contributed by atoms with Crippen LogP contribution in [0.3, 0.4) is 0 Å². The van der Waals surface area contributed by atoms with Crippen LogP contribution >= 0.6 is 0 Å². The number of nitrogens with zero attached hydrogens (tertiary/aromatic N) is 1. The monoisotopic (exact) mass is 248 g/mol. The summed E-state index contributed by atoms with van der Waals surface area (Å²) in [5.41, 5.74) is 0.905. The van der Waals surface area contributed by atoms with E-state index in [-0.39, 0.29) is 18.0 Å². The fourth-order valence-corrected chi connectivity index (χ4v) is 2.29. The molecule has 2 unspecified atom stereocenters. The van der Waals surface area contributed by atoms with E-state index >= 15 is 0 Å². The van der Waals surface area contributed by atoms with Gasteiger partial charge in [-0.05, 0) is 38.9 Å². The third-order valence-electron chi connectivity index (χ3n) is 3.39. The molecule has 0 aliphatic carbocycles. The van der Waals surface area contributed by atoms with Gasteiger partial charge in [0.1, 0.15) is 5.75 Å². The number of anilines is 1. The van der Waals surface area contributed by atoms with E-state index in [4.69, 9.17) is 4.74 Å². The molecular formula is C14H20N2O2. The molecule has 1 aliphatic heterocycles. The van der Waals surface area contributed by atoms with Gasteiger partial charge in [-0.2, -0.15) is 0 Å². The molecule has 2 atom stereocenters. The Bertz CT molecular complexity index is 434. The van der Waals surface area contributed by atoms with E-state index in [9.17, 15) is 4.79 Å². The molecule has 2 rings (SSSR count). The fourth-order valence-electron chi connectivity index (χ4n) is 2.29. The number of amides is 1. The van der Waals surface area contributed by atoms with Crippen LogP contribution in [0.25, 0.3) is 0 Å². The number of ether oxygens (including phenoxy) is 1. The summed E-state index contributed by atoms with van der Waals surface area (Å²) in [4.78, 5) is 14.2. The van der Waals surface area contributed by atoms with Crippen molar-refractivity contribution in [3.63, 3.8) is 0 Å². The number of hydrogen-bond acceptors (Lipinski definition) is 3. The van der Waals surface area contributed by atoms with Crippen molar-refractivity contribution in [3.05, 3.63) is 24.3 Å². The number of carbonyl (C=O) groups excluding carboxylic acids is 1. The molecule has 1 heterocycles. The Morgan fingerprint density at radius 2 is 2.17 bits per heavy atom. The lowest BCUT2D eigenvalue weighted by molar-refractivity contribution is -0.120. The van der Waals surface area contributed by atoms with Crippen molar-refractivity contribution >= 4 is 11.6 Å². The van der Waals surface area contributed by atoms with Gasteiger partial charge in [0.25, 0.3) is 0 Å². The zero-order chi connectivity index (χ0) is 13.1. The highest BCUT2D eigenvalue weighted by Crippen LogP contribution is 2.25. The third kappa shape index (κ3) is 2.48. The Labute approximate surface area is 108 Å². The summed E-state index contributed by atoms with van der Waals surface area (Å²) < 4.78 is 5.22. The summed E-state index contributed by atoms with van der Waals surface area (Å²) in [6.07, 6.45) is 0.952. The SMILES string of the molecule is COc1cccc(N2C(=O)C(C)NCCC2C)c1. The van der Waals surface area contributed by atoms with Crippen LogP contribution in [0.2, 0.25) is 0 Å². The lowest BCUT2D eigenvalue weighted by Crippen LogP contribution is -2.44. The Morgan fingerprint density at radius 1 is 1.39 bits per heavy atom. The van der Waals surface area contributed by atoms with Crippen LogP contribution in [-0.4, -0.2) is 31.6 Å². The van der Waals surface area contributed by atoms with Crippen LogP contribution in [0.15, 0.2) is 24.3 Å². The number of nitrogens with one attached hydrogen (secondary N) is 1. The van der Waals surface area contributed by atoms with Crippen LogP contribution in [0.1, 0.15) is 20.3 Å². The quantitative estimate of drug-likeness (QED) is 0.867. The smallest absolute Gasteiger partial charge is 0.244 e. The van der Waals surface area contributed by atoms with Gasteiger partial charge in [0, 0.05) is 17.8 Å². The van der Waals surface area contributed by atoms with E-state index in [1.165, 1.54) is 0 Å². The van der Waals surface area contributed by atoms with Crippen LogP contribution < -0.4 is 15.0 Å². The number of methoxy groups -OCH3 is 1. The molecule has 0 radical (unpaired) electrons. The van der Waals surface area contributed by atoms with E-state index < -0.39 is 0 Å². The topological polar surface area (TPSA) is 41.6 Å². The Kier molecular flexibility index (Phi) is 3.87. The Hall–Kier alpha value is -1.55. The van der Waals surface area contributed by atoms with Gasteiger partial charge in [-0.1, -0.05) is 6.07 Å². The molecule has 18 heavy (non-hydrogen) atoms. The third-order valence-corrected chi connectivity index (χ3v) is 3.39. The molecule has 1 amide bonds. The molecule has 4 heteroatoms. The maximum atomic E-state index is 12.4. The number of rotatable bonds is 2. The first-order valence-electron chi connectivity index (χ1n) is 6.34. The molecule has 0 spiro atoms. The number of hydrogen-bond donors (Lipinski definition) is 1.